The summed E-state index contributed by atoms with van der Waals surface area (Å²) in [7, 11) is 2.04. The fourth-order valence-electron chi connectivity index (χ4n) is 1.66. The second-order valence-electron chi connectivity index (χ2n) is 3.81. The molecule has 0 aliphatic heterocycles. The molecule has 1 N–H and O–H groups in total. The van der Waals surface area contributed by atoms with Crippen molar-refractivity contribution in [2.45, 2.75) is 6.54 Å². The number of thiol groups is 1. The Morgan fingerprint density at radius 1 is 1.50 bits per heavy atom. The van der Waals surface area contributed by atoms with Crippen LogP contribution in [0.5, 0.6) is 0 Å². The smallest absolute Gasteiger partial charge is 0.408 e. The molecule has 0 saturated heterocycles. The topological polar surface area (TPSA) is 49.2 Å². The molecule has 0 bridgehead atoms. The summed E-state index contributed by atoms with van der Waals surface area (Å²) in [5, 5.41) is 0. The minimum Gasteiger partial charge on any atom is -0.408 e. The lowest BCUT2D eigenvalue weighted by Gasteiger charge is -2.14. The van der Waals surface area contributed by atoms with Crippen LogP contribution in [0, 0.1) is 0 Å². The van der Waals surface area contributed by atoms with Crippen molar-refractivity contribution in [2.75, 3.05) is 19.3 Å². The standard InChI is InChI=1S/C11H14N2O2S/c1-13(4-5-16)7-8-2-3-10-9(6-8)12-11(14)15-10/h2-3,6,16H,4-5,7H2,1H3,(H,12,14). The Balaban J connectivity index is 2.22. The number of nitrogens with zero attached hydrogens (tertiary/aromatic N) is 1. The van der Waals surface area contributed by atoms with Crippen LogP contribution in [0.2, 0.25) is 0 Å². The Hall–Kier alpha value is -1.20. The highest BCUT2D eigenvalue weighted by Crippen LogP contribution is 2.13. The average Bonchev–Trinajstić information content (AvgIpc) is 2.57. The first-order chi connectivity index (χ1) is 7.69. The Labute approximate surface area is 98.7 Å². The highest BCUT2D eigenvalue weighted by molar-refractivity contribution is 7.80. The molecule has 16 heavy (non-hydrogen) atoms. The van der Waals surface area contributed by atoms with Crippen molar-refractivity contribution in [1.29, 1.82) is 0 Å². The molecule has 0 amide bonds. The number of hydrogen-bond acceptors (Lipinski definition) is 4. The van der Waals surface area contributed by atoms with Gasteiger partial charge in [0.25, 0.3) is 0 Å². The van der Waals surface area contributed by atoms with Crippen LogP contribution in [0.3, 0.4) is 0 Å². The molecule has 4 nitrogen and oxygen atoms in total. The molecule has 86 valence electrons. The van der Waals surface area contributed by atoms with E-state index in [0.29, 0.717) is 5.58 Å². The summed E-state index contributed by atoms with van der Waals surface area (Å²) < 4.78 is 4.94. The van der Waals surface area contributed by atoms with Gasteiger partial charge in [-0.3, -0.25) is 4.98 Å². The van der Waals surface area contributed by atoms with Crippen molar-refractivity contribution in [3.63, 3.8) is 0 Å². The maximum Gasteiger partial charge on any atom is 0.417 e. The Morgan fingerprint density at radius 3 is 3.06 bits per heavy atom. The number of nitrogens with one attached hydrogen (secondary N) is 1. The summed E-state index contributed by atoms with van der Waals surface area (Å²) in [4.78, 5) is 15.8. The fraction of sp³-hybridized carbons (Fsp3) is 0.364. The van der Waals surface area contributed by atoms with Gasteiger partial charge >= 0.3 is 5.76 Å². The van der Waals surface area contributed by atoms with E-state index in [4.69, 9.17) is 4.42 Å². The van der Waals surface area contributed by atoms with Gasteiger partial charge in [0.05, 0.1) is 5.52 Å². The second-order valence-corrected chi connectivity index (χ2v) is 4.25. The van der Waals surface area contributed by atoms with Crippen molar-refractivity contribution in [1.82, 2.24) is 9.88 Å². The van der Waals surface area contributed by atoms with Crippen molar-refractivity contribution in [3.8, 4) is 0 Å². The molecule has 0 atom stereocenters. The van der Waals surface area contributed by atoms with Crippen molar-refractivity contribution < 1.29 is 4.42 Å². The van der Waals surface area contributed by atoms with Gasteiger partial charge in [-0.2, -0.15) is 12.6 Å². The first-order valence-electron chi connectivity index (χ1n) is 5.10. The monoisotopic (exact) mass is 238 g/mol. The van der Waals surface area contributed by atoms with Crippen molar-refractivity contribution in [3.05, 3.63) is 34.3 Å². The molecule has 0 unspecified atom stereocenters. The summed E-state index contributed by atoms with van der Waals surface area (Å²) in [5.41, 5.74) is 2.50. The minimum absolute atomic E-state index is 0.407. The lowest BCUT2D eigenvalue weighted by Crippen LogP contribution is -2.19. The number of benzene rings is 1. The van der Waals surface area contributed by atoms with Crippen LogP contribution in [-0.4, -0.2) is 29.2 Å². The molecule has 5 heteroatoms. The van der Waals surface area contributed by atoms with Gasteiger partial charge in [-0.1, -0.05) is 6.07 Å². The molecule has 0 fully saturated rings. The van der Waals surface area contributed by atoms with E-state index in [1.165, 1.54) is 0 Å². The molecule has 2 rings (SSSR count). The summed E-state index contributed by atoms with van der Waals surface area (Å²) in [6.07, 6.45) is 0. The van der Waals surface area contributed by atoms with E-state index in [1.54, 1.807) is 0 Å². The van der Waals surface area contributed by atoms with Crippen LogP contribution in [0.15, 0.2) is 27.4 Å². The zero-order valence-electron chi connectivity index (χ0n) is 9.06. The number of oxazole rings is 1. The third-order valence-electron chi connectivity index (χ3n) is 2.42. The lowest BCUT2D eigenvalue weighted by atomic mass is 10.2. The maximum atomic E-state index is 11.0. The molecule has 0 aliphatic rings. The fourth-order valence-corrected chi connectivity index (χ4v) is 2.00. The van der Waals surface area contributed by atoms with Gasteiger partial charge in [-0.15, -0.1) is 0 Å². The van der Waals surface area contributed by atoms with Gasteiger partial charge < -0.3 is 9.32 Å². The normalized spacial score (nSPS) is 11.4. The van der Waals surface area contributed by atoms with E-state index in [9.17, 15) is 4.79 Å². The molecule has 2 aromatic rings. The zero-order chi connectivity index (χ0) is 11.5. The van der Waals surface area contributed by atoms with Gasteiger partial charge in [-0.25, -0.2) is 4.79 Å². The van der Waals surface area contributed by atoms with Gasteiger partial charge in [-0.05, 0) is 24.7 Å². The Morgan fingerprint density at radius 2 is 2.31 bits per heavy atom. The molecule has 1 heterocycles. The first-order valence-corrected chi connectivity index (χ1v) is 5.73. The lowest BCUT2D eigenvalue weighted by molar-refractivity contribution is 0.349. The van der Waals surface area contributed by atoms with Gasteiger partial charge in [0, 0.05) is 18.8 Å². The van der Waals surface area contributed by atoms with Crippen LogP contribution in [0.25, 0.3) is 11.1 Å². The highest BCUT2D eigenvalue weighted by Gasteiger charge is 2.04. The third kappa shape index (κ3) is 2.48. The quantitative estimate of drug-likeness (QED) is 0.793. The van der Waals surface area contributed by atoms with E-state index in [0.717, 1.165) is 29.9 Å². The van der Waals surface area contributed by atoms with E-state index >= 15 is 0 Å². The largest absolute Gasteiger partial charge is 0.417 e. The van der Waals surface area contributed by atoms with Crippen LogP contribution in [0.4, 0.5) is 0 Å². The SMILES string of the molecule is CN(CCS)Cc1ccc2oc(=O)[nH]c2c1. The molecule has 0 saturated carbocycles. The molecule has 1 aromatic carbocycles. The summed E-state index contributed by atoms with van der Waals surface area (Å²) in [6, 6.07) is 5.72. The number of fused-ring (bicyclic) bond motifs is 1. The molecular formula is C11H14N2O2S. The van der Waals surface area contributed by atoms with Crippen LogP contribution < -0.4 is 5.76 Å². The van der Waals surface area contributed by atoms with Gasteiger partial charge in [0.15, 0.2) is 5.58 Å². The predicted octanol–water partition coefficient (Wildman–Crippen LogP) is 1.48. The van der Waals surface area contributed by atoms with Gasteiger partial charge in [0.1, 0.15) is 0 Å². The number of aromatic amines is 1. The van der Waals surface area contributed by atoms with Crippen molar-refractivity contribution in [2.24, 2.45) is 0 Å². The van der Waals surface area contributed by atoms with E-state index in [1.807, 2.05) is 25.2 Å². The zero-order valence-corrected chi connectivity index (χ0v) is 9.96. The first kappa shape index (κ1) is 11.3. The number of H-pyrrole nitrogens is 1. The maximum absolute atomic E-state index is 11.0. The van der Waals surface area contributed by atoms with Crippen LogP contribution in [-0.2, 0) is 6.54 Å². The van der Waals surface area contributed by atoms with E-state index in [2.05, 4.69) is 22.5 Å². The number of rotatable bonds is 4. The highest BCUT2D eigenvalue weighted by atomic mass is 32.1. The summed E-state index contributed by atoms with van der Waals surface area (Å²) in [6.45, 7) is 1.77. The van der Waals surface area contributed by atoms with Crippen molar-refractivity contribution >= 4 is 23.7 Å². The Kier molecular flexibility index (Phi) is 3.36. The van der Waals surface area contributed by atoms with E-state index in [-0.39, 0.29) is 0 Å². The molecule has 0 radical (unpaired) electrons. The molecule has 0 aliphatic carbocycles. The Bertz CT molecular complexity index is 532. The second kappa shape index (κ2) is 4.76. The minimum atomic E-state index is -0.407. The number of aromatic nitrogens is 1. The summed E-state index contributed by atoms with van der Waals surface area (Å²) >= 11 is 4.18. The predicted molar refractivity (Wildman–Crippen MR) is 67.0 cm³/mol. The third-order valence-corrected chi connectivity index (χ3v) is 2.62. The van der Waals surface area contributed by atoms with Crippen LogP contribution in [0.1, 0.15) is 5.56 Å². The molecule has 0 spiro atoms. The van der Waals surface area contributed by atoms with Gasteiger partial charge in [0.2, 0.25) is 0 Å². The summed E-state index contributed by atoms with van der Waals surface area (Å²) in [5.74, 6) is 0.428. The number of hydrogen-bond donors (Lipinski definition) is 2. The average molecular weight is 238 g/mol. The molecular weight excluding hydrogens is 224 g/mol. The van der Waals surface area contributed by atoms with Crippen LogP contribution >= 0.6 is 12.6 Å². The van der Waals surface area contributed by atoms with E-state index < -0.39 is 5.76 Å². The molecule has 1 aromatic heterocycles.